The lowest BCUT2D eigenvalue weighted by Crippen LogP contribution is -2.10. The number of hydrogen-bond donors (Lipinski definition) is 0. The maximum absolute atomic E-state index is 6.59. The van der Waals surface area contributed by atoms with Crippen LogP contribution in [-0.2, 0) is 0 Å². The second-order valence-corrected chi connectivity index (χ2v) is 12.2. The molecule has 0 unspecified atom stereocenters. The van der Waals surface area contributed by atoms with Gasteiger partial charge in [-0.3, -0.25) is 0 Å². The first-order valence-electron chi connectivity index (χ1n) is 16.3. The van der Waals surface area contributed by atoms with Crippen LogP contribution in [0.15, 0.2) is 192 Å². The molecule has 0 aliphatic carbocycles. The smallest absolute Gasteiger partial charge is 0.136 e. The summed E-state index contributed by atoms with van der Waals surface area (Å²) < 4.78 is 6.59. The van der Waals surface area contributed by atoms with Crippen LogP contribution in [0.25, 0.3) is 66.1 Å². The highest BCUT2D eigenvalue weighted by Gasteiger charge is 2.19. The van der Waals surface area contributed by atoms with Crippen LogP contribution in [0.3, 0.4) is 0 Å². The summed E-state index contributed by atoms with van der Waals surface area (Å²) in [6, 6.07) is 66.8. The molecular formula is C46H31NO. The summed E-state index contributed by atoms with van der Waals surface area (Å²) in [5.74, 6) is 0. The Hall–Kier alpha value is -6.38. The number of rotatable bonds is 6. The fraction of sp³-hybridized carbons (Fsp3) is 0. The lowest BCUT2D eigenvalue weighted by atomic mass is 9.95. The molecule has 0 aliphatic heterocycles. The third-order valence-electron chi connectivity index (χ3n) is 9.25. The molecule has 0 N–H and O–H groups in total. The van der Waals surface area contributed by atoms with Gasteiger partial charge in [0.1, 0.15) is 11.2 Å². The van der Waals surface area contributed by atoms with Crippen molar-refractivity contribution in [2.24, 2.45) is 0 Å². The molecule has 0 spiro atoms. The van der Waals surface area contributed by atoms with E-state index in [1.807, 2.05) is 0 Å². The van der Waals surface area contributed by atoms with Crippen molar-refractivity contribution in [3.8, 4) is 33.4 Å². The van der Waals surface area contributed by atoms with Gasteiger partial charge >= 0.3 is 0 Å². The molecule has 0 saturated heterocycles. The van der Waals surface area contributed by atoms with Gasteiger partial charge in [-0.1, -0.05) is 140 Å². The lowest BCUT2D eigenvalue weighted by molar-refractivity contribution is 0.669. The van der Waals surface area contributed by atoms with Crippen LogP contribution in [-0.4, -0.2) is 0 Å². The fourth-order valence-corrected chi connectivity index (χ4v) is 6.96. The Balaban J connectivity index is 1.24. The van der Waals surface area contributed by atoms with Crippen molar-refractivity contribution >= 4 is 49.8 Å². The molecule has 226 valence electrons. The molecule has 2 heteroatoms. The Kier molecular flexibility index (Phi) is 6.84. The second kappa shape index (κ2) is 11.8. The highest BCUT2D eigenvalue weighted by atomic mass is 16.3. The number of furan rings is 1. The molecule has 0 aliphatic rings. The van der Waals surface area contributed by atoms with E-state index >= 15 is 0 Å². The van der Waals surface area contributed by atoms with Gasteiger partial charge < -0.3 is 9.32 Å². The van der Waals surface area contributed by atoms with E-state index in [0.717, 1.165) is 39.0 Å². The Morgan fingerprint density at radius 3 is 1.56 bits per heavy atom. The van der Waals surface area contributed by atoms with Gasteiger partial charge in [-0.15, -0.1) is 0 Å². The van der Waals surface area contributed by atoms with Crippen molar-refractivity contribution in [2.45, 2.75) is 0 Å². The monoisotopic (exact) mass is 613 g/mol. The van der Waals surface area contributed by atoms with Gasteiger partial charge in [-0.2, -0.15) is 0 Å². The number of anilines is 3. The van der Waals surface area contributed by atoms with Crippen molar-refractivity contribution in [2.75, 3.05) is 4.90 Å². The molecule has 9 aromatic rings. The third-order valence-corrected chi connectivity index (χ3v) is 9.25. The molecule has 2 nitrogen and oxygen atoms in total. The lowest BCUT2D eigenvalue weighted by Gasteiger charge is -2.26. The van der Waals surface area contributed by atoms with Crippen LogP contribution in [0, 0.1) is 0 Å². The summed E-state index contributed by atoms with van der Waals surface area (Å²) in [6.45, 7) is 0. The fourth-order valence-electron chi connectivity index (χ4n) is 6.96. The van der Waals surface area contributed by atoms with Crippen LogP contribution < -0.4 is 4.90 Å². The topological polar surface area (TPSA) is 16.4 Å². The van der Waals surface area contributed by atoms with Gasteiger partial charge in [0, 0.05) is 27.8 Å². The van der Waals surface area contributed by atoms with E-state index in [1.54, 1.807) is 0 Å². The summed E-state index contributed by atoms with van der Waals surface area (Å²) in [5, 5.41) is 4.64. The van der Waals surface area contributed by atoms with Gasteiger partial charge in [0.2, 0.25) is 0 Å². The average molecular weight is 614 g/mol. The highest BCUT2D eigenvalue weighted by Crippen LogP contribution is 2.43. The van der Waals surface area contributed by atoms with E-state index in [4.69, 9.17) is 4.42 Å². The Labute approximate surface area is 279 Å². The number of hydrogen-bond acceptors (Lipinski definition) is 2. The predicted octanol–water partition coefficient (Wildman–Crippen LogP) is 13.2. The predicted molar refractivity (Wildman–Crippen MR) is 202 cm³/mol. The van der Waals surface area contributed by atoms with E-state index in [2.05, 4.69) is 193 Å². The molecule has 48 heavy (non-hydrogen) atoms. The van der Waals surface area contributed by atoms with Crippen molar-refractivity contribution in [3.63, 3.8) is 0 Å². The van der Waals surface area contributed by atoms with Gasteiger partial charge in [0.25, 0.3) is 0 Å². The van der Waals surface area contributed by atoms with Gasteiger partial charge in [0.05, 0.1) is 0 Å². The average Bonchev–Trinajstić information content (AvgIpc) is 3.54. The highest BCUT2D eigenvalue weighted by molar-refractivity contribution is 6.22. The second-order valence-electron chi connectivity index (χ2n) is 12.2. The summed E-state index contributed by atoms with van der Waals surface area (Å²) in [4.78, 5) is 2.35. The summed E-state index contributed by atoms with van der Waals surface area (Å²) >= 11 is 0. The van der Waals surface area contributed by atoms with Crippen LogP contribution in [0.1, 0.15) is 0 Å². The zero-order chi connectivity index (χ0) is 31.9. The minimum atomic E-state index is 0.876. The molecule has 0 fully saturated rings. The molecule has 0 bridgehead atoms. The quantitative estimate of drug-likeness (QED) is 0.185. The largest absolute Gasteiger partial charge is 0.456 e. The van der Waals surface area contributed by atoms with Crippen molar-refractivity contribution in [1.29, 1.82) is 0 Å². The van der Waals surface area contributed by atoms with E-state index in [1.165, 1.54) is 44.2 Å². The number of fused-ring (bicyclic) bond motifs is 5. The third kappa shape index (κ3) is 4.92. The zero-order valence-corrected chi connectivity index (χ0v) is 26.3. The maximum atomic E-state index is 6.59. The molecule has 0 amide bonds. The first kappa shape index (κ1) is 27.9. The van der Waals surface area contributed by atoms with E-state index in [0.29, 0.717) is 0 Å². The normalized spacial score (nSPS) is 11.3. The summed E-state index contributed by atoms with van der Waals surface area (Å²) in [7, 11) is 0. The van der Waals surface area contributed by atoms with Crippen molar-refractivity contribution < 1.29 is 4.42 Å². The molecule has 9 rings (SSSR count). The Bertz CT molecular complexity index is 2530. The summed E-state index contributed by atoms with van der Waals surface area (Å²) in [5.41, 5.74) is 12.1. The van der Waals surface area contributed by atoms with Crippen LogP contribution in [0.4, 0.5) is 17.1 Å². The van der Waals surface area contributed by atoms with Crippen molar-refractivity contribution in [1.82, 2.24) is 0 Å². The van der Waals surface area contributed by atoms with Crippen LogP contribution in [0.2, 0.25) is 0 Å². The molecule has 0 saturated carbocycles. The SMILES string of the molecule is c1ccc(-c2ccc(N(c3cccc(-c4ccccc4)c3)c3ccc4oc5cc(-c6ccccc6)c6ccccc6c5c4c3)cc2)cc1. The van der Waals surface area contributed by atoms with Gasteiger partial charge in [-0.05, 0) is 92.7 Å². The Morgan fingerprint density at radius 2 is 0.854 bits per heavy atom. The van der Waals surface area contributed by atoms with E-state index < -0.39 is 0 Å². The van der Waals surface area contributed by atoms with Crippen LogP contribution in [0.5, 0.6) is 0 Å². The number of nitrogens with zero attached hydrogens (tertiary/aromatic N) is 1. The molecule has 0 atom stereocenters. The Morgan fingerprint density at radius 1 is 0.312 bits per heavy atom. The molecular weight excluding hydrogens is 583 g/mol. The zero-order valence-electron chi connectivity index (χ0n) is 26.3. The van der Waals surface area contributed by atoms with Crippen LogP contribution >= 0.6 is 0 Å². The molecule has 1 aromatic heterocycles. The van der Waals surface area contributed by atoms with E-state index in [9.17, 15) is 0 Å². The first-order chi connectivity index (χ1) is 23.8. The molecule has 8 aromatic carbocycles. The van der Waals surface area contributed by atoms with Gasteiger partial charge in [0.15, 0.2) is 0 Å². The van der Waals surface area contributed by atoms with Crippen molar-refractivity contribution in [3.05, 3.63) is 188 Å². The molecule has 1 heterocycles. The maximum Gasteiger partial charge on any atom is 0.136 e. The number of benzene rings is 8. The van der Waals surface area contributed by atoms with Gasteiger partial charge in [-0.25, -0.2) is 0 Å². The minimum Gasteiger partial charge on any atom is -0.456 e. The minimum absolute atomic E-state index is 0.876. The molecule has 0 radical (unpaired) electrons. The first-order valence-corrected chi connectivity index (χ1v) is 16.3. The van der Waals surface area contributed by atoms with E-state index in [-0.39, 0.29) is 0 Å². The standard InChI is InChI=1S/C46H31NO/c1-4-13-32(14-5-1)34-23-25-37(26-24-34)47(38-20-12-19-36(29-38)33-15-6-2-7-16-33)39-27-28-44-43(30-39)46-41-22-11-10-21-40(41)42(31-45(46)48-44)35-17-8-3-9-18-35/h1-31H. The summed E-state index contributed by atoms with van der Waals surface area (Å²) in [6.07, 6.45) is 0.